The summed E-state index contributed by atoms with van der Waals surface area (Å²) in [6.07, 6.45) is 7.18. The number of methoxy groups -OCH3 is 1. The zero-order valence-corrected chi connectivity index (χ0v) is 16.9. The van der Waals surface area contributed by atoms with E-state index in [4.69, 9.17) is 4.74 Å². The van der Waals surface area contributed by atoms with Crippen molar-refractivity contribution in [3.8, 4) is 0 Å². The molecular weight excluding hydrogens is 386 g/mol. The highest BCUT2D eigenvalue weighted by atomic mass is 32.2. The standard InChI is InChI=1S/C23H21NO4S/c1-22(20-15-24-21-11-7-6-10-19(20)21)13-12-17(28-2)14-23(22,16-25)29(26,27)18-8-4-3-5-9-18/h3-16,24H,1-2H3. The first-order valence-electron chi connectivity index (χ1n) is 9.18. The van der Waals surface area contributed by atoms with E-state index in [1.165, 1.54) is 25.3 Å². The summed E-state index contributed by atoms with van der Waals surface area (Å²) in [5.74, 6) is 0.328. The molecule has 6 heteroatoms. The topological polar surface area (TPSA) is 76.2 Å². The Bertz CT molecular complexity index is 1240. The van der Waals surface area contributed by atoms with Gasteiger partial charge in [0.25, 0.3) is 0 Å². The number of fused-ring (bicyclic) bond motifs is 1. The van der Waals surface area contributed by atoms with Gasteiger partial charge >= 0.3 is 0 Å². The van der Waals surface area contributed by atoms with E-state index in [0.717, 1.165) is 16.5 Å². The fourth-order valence-electron chi connectivity index (χ4n) is 4.09. The van der Waals surface area contributed by atoms with Gasteiger partial charge in [0.05, 0.1) is 12.0 Å². The average molecular weight is 407 g/mol. The molecule has 0 radical (unpaired) electrons. The lowest BCUT2D eigenvalue weighted by Crippen LogP contribution is -2.55. The van der Waals surface area contributed by atoms with E-state index in [0.29, 0.717) is 12.0 Å². The molecule has 2 aromatic carbocycles. The van der Waals surface area contributed by atoms with Crippen LogP contribution >= 0.6 is 0 Å². The van der Waals surface area contributed by atoms with Gasteiger partial charge in [-0.2, -0.15) is 0 Å². The van der Waals surface area contributed by atoms with E-state index in [-0.39, 0.29) is 4.90 Å². The monoisotopic (exact) mass is 407 g/mol. The summed E-state index contributed by atoms with van der Waals surface area (Å²) >= 11 is 0. The third kappa shape index (κ3) is 2.59. The number of allylic oxidation sites excluding steroid dienone is 2. The summed E-state index contributed by atoms with van der Waals surface area (Å²) in [7, 11) is -2.66. The van der Waals surface area contributed by atoms with Gasteiger partial charge in [-0.3, -0.25) is 0 Å². The number of carbonyl (C=O) groups is 1. The molecule has 2 atom stereocenters. The summed E-state index contributed by atoms with van der Waals surface area (Å²) in [5, 5.41) is 0.864. The number of rotatable bonds is 5. The number of aromatic nitrogens is 1. The molecule has 0 amide bonds. The van der Waals surface area contributed by atoms with Crippen molar-refractivity contribution in [2.45, 2.75) is 22.0 Å². The quantitative estimate of drug-likeness (QED) is 0.650. The SMILES string of the molecule is COC1=CC(C=O)(S(=O)(=O)c2ccccc2)C(C)(c2c[nH]c3ccccc23)C=C1. The highest BCUT2D eigenvalue weighted by Crippen LogP contribution is 2.49. The van der Waals surface area contributed by atoms with Gasteiger partial charge in [0, 0.05) is 22.5 Å². The summed E-state index contributed by atoms with van der Waals surface area (Å²) in [5.41, 5.74) is 0.434. The van der Waals surface area contributed by atoms with Crippen molar-refractivity contribution in [1.29, 1.82) is 0 Å². The summed E-state index contributed by atoms with van der Waals surface area (Å²) in [6.45, 7) is 1.77. The molecule has 0 fully saturated rings. The van der Waals surface area contributed by atoms with Crippen molar-refractivity contribution >= 4 is 27.0 Å². The maximum atomic E-state index is 13.9. The molecule has 0 saturated carbocycles. The molecule has 2 unspecified atom stereocenters. The number of sulfone groups is 1. The number of hydrogen-bond donors (Lipinski definition) is 1. The number of hydrogen-bond acceptors (Lipinski definition) is 4. The summed E-state index contributed by atoms with van der Waals surface area (Å²) in [6, 6.07) is 15.7. The molecule has 1 aliphatic rings. The van der Waals surface area contributed by atoms with Crippen molar-refractivity contribution in [1.82, 2.24) is 4.98 Å². The molecule has 0 saturated heterocycles. The molecule has 1 N–H and O–H groups in total. The first-order valence-corrected chi connectivity index (χ1v) is 10.7. The molecule has 1 heterocycles. The minimum absolute atomic E-state index is 0.0835. The molecule has 1 aromatic heterocycles. The second kappa shape index (κ2) is 6.74. The maximum absolute atomic E-state index is 13.9. The molecule has 5 nitrogen and oxygen atoms in total. The van der Waals surface area contributed by atoms with Crippen LogP contribution < -0.4 is 0 Å². The molecule has 148 valence electrons. The third-order valence-electron chi connectivity index (χ3n) is 5.81. The fraction of sp³-hybridized carbons (Fsp3) is 0.174. The highest BCUT2D eigenvalue weighted by molar-refractivity contribution is 7.93. The van der Waals surface area contributed by atoms with E-state index < -0.39 is 20.0 Å². The number of ether oxygens (including phenoxy) is 1. The summed E-state index contributed by atoms with van der Waals surface area (Å²) < 4.78 is 31.2. The Hall–Kier alpha value is -3.12. The van der Waals surface area contributed by atoms with E-state index in [1.807, 2.05) is 24.3 Å². The number of aldehydes is 1. The Balaban J connectivity index is 2.06. The van der Waals surface area contributed by atoms with E-state index in [9.17, 15) is 13.2 Å². The van der Waals surface area contributed by atoms with Gasteiger partial charge in [-0.1, -0.05) is 42.5 Å². The van der Waals surface area contributed by atoms with Gasteiger partial charge in [0.2, 0.25) is 0 Å². The van der Waals surface area contributed by atoms with Gasteiger partial charge in [0.1, 0.15) is 12.0 Å². The Morgan fingerprint density at radius 3 is 2.41 bits per heavy atom. The Morgan fingerprint density at radius 1 is 1.03 bits per heavy atom. The molecular formula is C23H21NO4S. The van der Waals surface area contributed by atoms with Gasteiger partial charge in [-0.15, -0.1) is 0 Å². The Labute approximate surface area is 169 Å². The van der Waals surface area contributed by atoms with Crippen LogP contribution in [0.15, 0.2) is 89.7 Å². The lowest BCUT2D eigenvalue weighted by Gasteiger charge is -2.43. The van der Waals surface area contributed by atoms with Crippen LogP contribution in [0.4, 0.5) is 0 Å². The second-order valence-corrected chi connectivity index (χ2v) is 9.42. The smallest absolute Gasteiger partial charge is 0.195 e. The van der Waals surface area contributed by atoms with Crippen molar-refractivity contribution in [3.05, 3.63) is 90.3 Å². The lowest BCUT2D eigenvalue weighted by molar-refractivity contribution is -0.110. The molecule has 29 heavy (non-hydrogen) atoms. The van der Waals surface area contributed by atoms with E-state index >= 15 is 0 Å². The van der Waals surface area contributed by atoms with Crippen LogP contribution in [-0.4, -0.2) is 31.5 Å². The number of para-hydroxylation sites is 1. The van der Waals surface area contributed by atoms with E-state index in [2.05, 4.69) is 4.98 Å². The number of H-pyrrole nitrogens is 1. The van der Waals surface area contributed by atoms with Crippen LogP contribution in [0, 0.1) is 0 Å². The minimum atomic E-state index is -4.11. The second-order valence-electron chi connectivity index (χ2n) is 7.26. The van der Waals surface area contributed by atoms with Crippen LogP contribution in [0.1, 0.15) is 12.5 Å². The molecule has 1 aliphatic carbocycles. The van der Waals surface area contributed by atoms with Crippen molar-refractivity contribution in [2.24, 2.45) is 0 Å². The predicted octanol–water partition coefficient (Wildman–Crippen LogP) is 3.94. The van der Waals surface area contributed by atoms with E-state index in [1.54, 1.807) is 43.5 Å². The van der Waals surface area contributed by atoms with Gasteiger partial charge in [0.15, 0.2) is 14.6 Å². The molecule has 4 rings (SSSR count). The normalized spacial score (nSPS) is 24.3. The van der Waals surface area contributed by atoms with Gasteiger partial charge < -0.3 is 14.5 Å². The number of nitrogens with one attached hydrogen (secondary N) is 1. The van der Waals surface area contributed by atoms with Crippen molar-refractivity contribution in [3.63, 3.8) is 0 Å². The zero-order valence-electron chi connectivity index (χ0n) is 16.1. The third-order valence-corrected chi connectivity index (χ3v) is 8.23. The number of aromatic amines is 1. The van der Waals surface area contributed by atoms with Gasteiger partial charge in [-0.05, 0) is 42.8 Å². The predicted molar refractivity (Wildman–Crippen MR) is 112 cm³/mol. The first kappa shape index (κ1) is 19.2. The largest absolute Gasteiger partial charge is 0.497 e. The number of carbonyl (C=O) groups excluding carboxylic acids is 1. The Morgan fingerprint density at radius 2 is 1.72 bits per heavy atom. The highest BCUT2D eigenvalue weighted by Gasteiger charge is 2.58. The van der Waals surface area contributed by atoms with Crippen molar-refractivity contribution < 1.29 is 17.9 Å². The Kier molecular flexibility index (Phi) is 4.46. The minimum Gasteiger partial charge on any atom is -0.497 e. The lowest BCUT2D eigenvalue weighted by atomic mass is 9.69. The van der Waals surface area contributed by atoms with Crippen LogP contribution in [0.2, 0.25) is 0 Å². The number of benzene rings is 2. The average Bonchev–Trinajstić information content (AvgIpc) is 3.19. The van der Waals surface area contributed by atoms with Crippen LogP contribution in [-0.2, 0) is 24.8 Å². The van der Waals surface area contributed by atoms with Crippen LogP contribution in [0.5, 0.6) is 0 Å². The van der Waals surface area contributed by atoms with Crippen LogP contribution in [0.3, 0.4) is 0 Å². The first-order chi connectivity index (χ1) is 13.9. The molecule has 3 aromatic rings. The maximum Gasteiger partial charge on any atom is 0.195 e. The molecule has 0 spiro atoms. The van der Waals surface area contributed by atoms with Gasteiger partial charge in [-0.25, -0.2) is 8.42 Å². The van der Waals surface area contributed by atoms with Crippen LogP contribution in [0.25, 0.3) is 10.9 Å². The zero-order chi connectivity index (χ0) is 20.7. The molecule has 0 bridgehead atoms. The summed E-state index contributed by atoms with van der Waals surface area (Å²) in [4.78, 5) is 16.0. The fourth-order valence-corrected chi connectivity index (χ4v) is 6.13. The van der Waals surface area contributed by atoms with Crippen molar-refractivity contribution in [2.75, 3.05) is 7.11 Å². The molecule has 0 aliphatic heterocycles.